The van der Waals surface area contributed by atoms with Crippen molar-refractivity contribution < 1.29 is 4.74 Å². The third kappa shape index (κ3) is 3.91. The highest BCUT2D eigenvalue weighted by atomic mass is 32.2. The topological polar surface area (TPSA) is 24.5 Å². The van der Waals surface area contributed by atoms with E-state index in [0.717, 1.165) is 25.8 Å². The highest BCUT2D eigenvalue weighted by molar-refractivity contribution is 7.99. The molecule has 0 aromatic carbocycles. The predicted octanol–water partition coefficient (Wildman–Crippen LogP) is 1.19. The van der Waals surface area contributed by atoms with Crippen molar-refractivity contribution in [1.29, 1.82) is 0 Å². The molecule has 0 aliphatic carbocycles. The van der Waals surface area contributed by atoms with Crippen molar-refractivity contribution in [2.75, 3.05) is 44.4 Å². The molecule has 2 aliphatic heterocycles. The number of hydrogen-bond donors (Lipinski definition) is 1. The Morgan fingerprint density at radius 2 is 2.19 bits per heavy atom. The van der Waals surface area contributed by atoms with Gasteiger partial charge in [-0.2, -0.15) is 11.8 Å². The minimum atomic E-state index is 0.697. The lowest BCUT2D eigenvalue weighted by atomic mass is 10.1. The van der Waals surface area contributed by atoms with Crippen LogP contribution in [0.3, 0.4) is 0 Å². The summed E-state index contributed by atoms with van der Waals surface area (Å²) >= 11 is 2.09. The van der Waals surface area contributed by atoms with E-state index in [-0.39, 0.29) is 0 Å². The van der Waals surface area contributed by atoms with E-state index in [2.05, 4.69) is 28.9 Å². The van der Waals surface area contributed by atoms with Crippen LogP contribution in [0.4, 0.5) is 0 Å². The van der Waals surface area contributed by atoms with Crippen LogP contribution in [0.15, 0.2) is 0 Å². The van der Waals surface area contributed by atoms with E-state index in [4.69, 9.17) is 4.74 Å². The Hall–Kier alpha value is 0.230. The molecule has 94 valence electrons. The molecule has 2 heterocycles. The van der Waals surface area contributed by atoms with E-state index in [1.165, 1.54) is 37.4 Å². The summed E-state index contributed by atoms with van der Waals surface area (Å²) in [4.78, 5) is 2.61. The van der Waals surface area contributed by atoms with E-state index < -0.39 is 0 Å². The number of nitrogens with one attached hydrogen (secondary N) is 1. The molecule has 16 heavy (non-hydrogen) atoms. The number of ether oxygens (including phenoxy) is 1. The van der Waals surface area contributed by atoms with E-state index in [1.54, 1.807) is 0 Å². The maximum absolute atomic E-state index is 5.36. The monoisotopic (exact) mass is 244 g/mol. The predicted molar refractivity (Wildman–Crippen MR) is 70.2 cm³/mol. The number of nitrogens with zero attached hydrogens (tertiary/aromatic N) is 1. The summed E-state index contributed by atoms with van der Waals surface area (Å²) in [6.07, 6.45) is 2.37. The van der Waals surface area contributed by atoms with E-state index in [1.807, 2.05) is 0 Å². The van der Waals surface area contributed by atoms with Gasteiger partial charge in [-0.05, 0) is 19.8 Å². The summed E-state index contributed by atoms with van der Waals surface area (Å²) in [5.74, 6) is 2.61. The molecule has 1 N–H and O–H groups in total. The Bertz CT molecular complexity index is 197. The molecule has 0 radical (unpaired) electrons. The normalized spacial score (nSPS) is 29.4. The summed E-state index contributed by atoms with van der Waals surface area (Å²) in [5.41, 5.74) is 0. The van der Waals surface area contributed by atoms with Gasteiger partial charge in [-0.1, -0.05) is 0 Å². The van der Waals surface area contributed by atoms with E-state index in [9.17, 15) is 0 Å². The second-order valence-electron chi connectivity index (χ2n) is 4.80. The summed E-state index contributed by atoms with van der Waals surface area (Å²) in [5, 5.41) is 3.66. The third-order valence-corrected chi connectivity index (χ3v) is 4.75. The Kier molecular flexibility index (Phi) is 5.42. The van der Waals surface area contributed by atoms with Crippen LogP contribution in [0, 0.1) is 0 Å². The molecule has 1 atom stereocenters. The van der Waals surface area contributed by atoms with Crippen LogP contribution < -0.4 is 5.32 Å². The van der Waals surface area contributed by atoms with Gasteiger partial charge in [0.25, 0.3) is 0 Å². The summed E-state index contributed by atoms with van der Waals surface area (Å²) < 4.78 is 5.36. The first-order valence-electron chi connectivity index (χ1n) is 6.49. The minimum absolute atomic E-state index is 0.697. The van der Waals surface area contributed by atoms with Crippen LogP contribution >= 0.6 is 11.8 Å². The van der Waals surface area contributed by atoms with Crippen LogP contribution in [0.5, 0.6) is 0 Å². The fraction of sp³-hybridized carbons (Fsp3) is 1.00. The lowest BCUT2D eigenvalue weighted by Crippen LogP contribution is -2.45. The SMILES string of the molecule is CC1CSCCN1CCNC1CCOCC1. The van der Waals surface area contributed by atoms with Gasteiger partial charge in [-0.3, -0.25) is 4.90 Å². The number of thioether (sulfide) groups is 1. The smallest absolute Gasteiger partial charge is 0.0480 e. The van der Waals surface area contributed by atoms with Crippen molar-refractivity contribution in [3.8, 4) is 0 Å². The summed E-state index contributed by atoms with van der Waals surface area (Å²) in [6.45, 7) is 7.84. The molecule has 3 nitrogen and oxygen atoms in total. The molecule has 0 amide bonds. The highest BCUT2D eigenvalue weighted by Gasteiger charge is 2.18. The van der Waals surface area contributed by atoms with Crippen molar-refractivity contribution >= 4 is 11.8 Å². The van der Waals surface area contributed by atoms with Gasteiger partial charge in [0.2, 0.25) is 0 Å². The molecule has 2 rings (SSSR count). The average Bonchev–Trinajstić information content (AvgIpc) is 2.33. The molecule has 0 saturated carbocycles. The Morgan fingerprint density at radius 1 is 1.38 bits per heavy atom. The van der Waals surface area contributed by atoms with Gasteiger partial charge >= 0.3 is 0 Å². The molecule has 0 aromatic rings. The van der Waals surface area contributed by atoms with Crippen LogP contribution in [0.25, 0.3) is 0 Å². The summed E-state index contributed by atoms with van der Waals surface area (Å²) in [6, 6.07) is 1.46. The average molecular weight is 244 g/mol. The van der Waals surface area contributed by atoms with Crippen molar-refractivity contribution in [2.24, 2.45) is 0 Å². The Labute approximate surface area is 103 Å². The first-order chi connectivity index (χ1) is 7.86. The van der Waals surface area contributed by atoms with Crippen molar-refractivity contribution in [3.05, 3.63) is 0 Å². The van der Waals surface area contributed by atoms with Gasteiger partial charge in [-0.25, -0.2) is 0 Å². The van der Waals surface area contributed by atoms with Gasteiger partial charge < -0.3 is 10.1 Å². The molecule has 0 spiro atoms. The van der Waals surface area contributed by atoms with E-state index in [0.29, 0.717) is 6.04 Å². The standard InChI is InChI=1S/C12H24N2OS/c1-11-10-16-9-6-14(11)5-4-13-12-2-7-15-8-3-12/h11-13H,2-10H2,1H3. The maximum Gasteiger partial charge on any atom is 0.0480 e. The van der Waals surface area contributed by atoms with Gasteiger partial charge in [0, 0.05) is 56.4 Å². The molecule has 1 unspecified atom stereocenters. The molecular weight excluding hydrogens is 220 g/mol. The third-order valence-electron chi connectivity index (χ3n) is 3.56. The Balaban J connectivity index is 1.59. The molecule has 2 aliphatic rings. The molecule has 2 fully saturated rings. The Morgan fingerprint density at radius 3 is 2.94 bits per heavy atom. The lowest BCUT2D eigenvalue weighted by Gasteiger charge is -2.33. The minimum Gasteiger partial charge on any atom is -0.381 e. The zero-order valence-corrected chi connectivity index (χ0v) is 11.1. The molecule has 4 heteroatoms. The molecule has 2 saturated heterocycles. The van der Waals surface area contributed by atoms with E-state index >= 15 is 0 Å². The van der Waals surface area contributed by atoms with Gasteiger partial charge in [0.15, 0.2) is 0 Å². The highest BCUT2D eigenvalue weighted by Crippen LogP contribution is 2.15. The molecule has 0 aromatic heterocycles. The quantitative estimate of drug-likeness (QED) is 0.803. The fourth-order valence-electron chi connectivity index (χ4n) is 2.41. The lowest BCUT2D eigenvalue weighted by molar-refractivity contribution is 0.0769. The van der Waals surface area contributed by atoms with Crippen LogP contribution in [-0.2, 0) is 4.74 Å². The largest absolute Gasteiger partial charge is 0.381 e. The molecular formula is C12H24N2OS. The first kappa shape index (κ1) is 12.7. The van der Waals surface area contributed by atoms with Gasteiger partial charge in [-0.15, -0.1) is 0 Å². The van der Waals surface area contributed by atoms with Gasteiger partial charge in [0.1, 0.15) is 0 Å². The second kappa shape index (κ2) is 6.84. The number of rotatable bonds is 4. The van der Waals surface area contributed by atoms with Crippen molar-refractivity contribution in [2.45, 2.75) is 31.8 Å². The van der Waals surface area contributed by atoms with Crippen molar-refractivity contribution in [3.63, 3.8) is 0 Å². The zero-order chi connectivity index (χ0) is 11.2. The fourth-order valence-corrected chi connectivity index (χ4v) is 3.49. The van der Waals surface area contributed by atoms with Gasteiger partial charge in [0.05, 0.1) is 0 Å². The second-order valence-corrected chi connectivity index (χ2v) is 5.95. The summed E-state index contributed by atoms with van der Waals surface area (Å²) in [7, 11) is 0. The molecule has 0 bridgehead atoms. The van der Waals surface area contributed by atoms with Crippen molar-refractivity contribution in [1.82, 2.24) is 10.2 Å². The zero-order valence-electron chi connectivity index (χ0n) is 10.3. The number of hydrogen-bond acceptors (Lipinski definition) is 4. The first-order valence-corrected chi connectivity index (χ1v) is 7.64. The maximum atomic E-state index is 5.36. The van der Waals surface area contributed by atoms with Crippen LogP contribution in [-0.4, -0.2) is 61.3 Å². The van der Waals surface area contributed by atoms with Crippen LogP contribution in [0.2, 0.25) is 0 Å². The van der Waals surface area contributed by atoms with Crippen LogP contribution in [0.1, 0.15) is 19.8 Å².